The van der Waals surface area contributed by atoms with Gasteiger partial charge < -0.3 is 9.47 Å². The predicted octanol–water partition coefficient (Wildman–Crippen LogP) is 3.01. The molecule has 0 N–H and O–H groups in total. The minimum atomic E-state index is -1.31. The third-order valence-electron chi connectivity index (χ3n) is 4.39. The van der Waals surface area contributed by atoms with Crippen LogP contribution in [0.3, 0.4) is 0 Å². The summed E-state index contributed by atoms with van der Waals surface area (Å²) in [4.78, 5) is 40.4. The molecule has 2 atom stereocenters. The van der Waals surface area contributed by atoms with E-state index in [1.807, 2.05) is 18.2 Å². The first-order valence-corrected chi connectivity index (χ1v) is 8.27. The van der Waals surface area contributed by atoms with Crippen molar-refractivity contribution in [2.24, 2.45) is 4.99 Å². The zero-order valence-corrected chi connectivity index (χ0v) is 15.9. The molecule has 0 aromatic heterocycles. The summed E-state index contributed by atoms with van der Waals surface area (Å²) in [5.74, 6) is -0.672. The van der Waals surface area contributed by atoms with Crippen molar-refractivity contribution in [2.45, 2.75) is 46.3 Å². The number of rotatable bonds is 6. The van der Waals surface area contributed by atoms with Crippen LogP contribution in [-0.4, -0.2) is 35.9 Å². The van der Waals surface area contributed by atoms with Gasteiger partial charge in [-0.05, 0) is 26.8 Å². The molecule has 0 amide bonds. The molecule has 2 unspecified atom stereocenters. The van der Waals surface area contributed by atoms with Gasteiger partial charge in [0, 0.05) is 25.0 Å². The number of hydrogen-bond acceptors (Lipinski definition) is 6. The van der Waals surface area contributed by atoms with Crippen molar-refractivity contribution in [1.82, 2.24) is 0 Å². The molecule has 0 saturated heterocycles. The first-order chi connectivity index (χ1) is 12.1. The number of ether oxygens (including phenoxy) is 2. The van der Waals surface area contributed by atoms with Gasteiger partial charge in [0.05, 0.1) is 13.0 Å². The van der Waals surface area contributed by atoms with Crippen LogP contribution in [0, 0.1) is 0 Å². The number of hydrogen-bond donors (Lipinski definition) is 0. The molecule has 6 heteroatoms. The Bertz CT molecular complexity index is 820. The summed E-state index contributed by atoms with van der Waals surface area (Å²) in [6.45, 7) is 7.36. The monoisotopic (exact) mass is 357 g/mol. The molecule has 1 heterocycles. The van der Waals surface area contributed by atoms with Crippen LogP contribution in [0.1, 0.15) is 46.1 Å². The molecule has 0 bridgehead atoms. The maximum atomic E-state index is 12.3. The zero-order chi connectivity index (χ0) is 19.6. The van der Waals surface area contributed by atoms with E-state index in [0.717, 1.165) is 0 Å². The van der Waals surface area contributed by atoms with Crippen LogP contribution in [0.25, 0.3) is 0 Å². The largest absolute Gasteiger partial charge is 0.496 e. The molecule has 0 radical (unpaired) electrons. The van der Waals surface area contributed by atoms with Crippen LogP contribution in [0.4, 0.5) is 0 Å². The van der Waals surface area contributed by atoms with Crippen molar-refractivity contribution >= 4 is 23.1 Å². The first kappa shape index (κ1) is 19.6. The number of aliphatic imine (C=N–C) groups is 1. The number of para-hydroxylation sites is 1. The molecule has 0 saturated carbocycles. The topological polar surface area (TPSA) is 82.0 Å². The highest BCUT2D eigenvalue weighted by atomic mass is 16.5. The maximum Gasteiger partial charge on any atom is 0.208 e. The Balaban J connectivity index is 2.74. The zero-order valence-electron chi connectivity index (χ0n) is 15.9. The number of ketones is 3. The number of methoxy groups -OCH3 is 1. The minimum Gasteiger partial charge on any atom is -0.496 e. The SMILES string of the molecule is COc1ccccc1C1C(C(C)=O)=C(C)OC1(C)N=C(C(C)=O)C(C)=O. The number of allylic oxidation sites excluding steroid dienone is 1. The highest BCUT2D eigenvalue weighted by Gasteiger charge is 2.49. The van der Waals surface area contributed by atoms with Gasteiger partial charge in [-0.2, -0.15) is 0 Å². The number of nitrogens with zero attached hydrogens (tertiary/aromatic N) is 1. The minimum absolute atomic E-state index is 0.162. The maximum absolute atomic E-state index is 12.3. The van der Waals surface area contributed by atoms with Gasteiger partial charge in [0.1, 0.15) is 17.2 Å². The Hall–Kier alpha value is -2.76. The van der Waals surface area contributed by atoms with Crippen LogP contribution in [0.5, 0.6) is 5.75 Å². The summed E-state index contributed by atoms with van der Waals surface area (Å²) in [7, 11) is 1.54. The van der Waals surface area contributed by atoms with Gasteiger partial charge in [-0.25, -0.2) is 4.99 Å². The van der Waals surface area contributed by atoms with Crippen molar-refractivity contribution in [3.8, 4) is 5.75 Å². The summed E-state index contributed by atoms with van der Waals surface area (Å²) in [5.41, 5.74) is -0.348. The first-order valence-electron chi connectivity index (χ1n) is 8.27. The molecule has 1 aliphatic heterocycles. The lowest BCUT2D eigenvalue weighted by Gasteiger charge is -2.30. The Labute approximate surface area is 152 Å². The standard InChI is InChI=1S/C20H23NO5/c1-11(22)17-14(4)26-20(5,21-19(12(2)23)13(3)24)18(17)15-9-7-8-10-16(15)25-6/h7-10,18H,1-6H3. The summed E-state index contributed by atoms with van der Waals surface area (Å²) < 4.78 is 11.4. The van der Waals surface area contributed by atoms with Crippen molar-refractivity contribution in [3.63, 3.8) is 0 Å². The Morgan fingerprint density at radius 2 is 1.69 bits per heavy atom. The van der Waals surface area contributed by atoms with E-state index in [2.05, 4.69) is 4.99 Å². The highest BCUT2D eigenvalue weighted by molar-refractivity contribution is 6.65. The number of Topliss-reactive ketones (excluding diaryl/α,β-unsaturated/α-hetero) is 3. The van der Waals surface area contributed by atoms with Crippen LogP contribution < -0.4 is 4.74 Å². The van der Waals surface area contributed by atoms with Crippen LogP contribution in [0.15, 0.2) is 40.6 Å². The van der Waals surface area contributed by atoms with E-state index < -0.39 is 23.2 Å². The fourth-order valence-electron chi connectivity index (χ4n) is 3.41. The van der Waals surface area contributed by atoms with Gasteiger partial charge >= 0.3 is 0 Å². The molecule has 26 heavy (non-hydrogen) atoms. The number of carbonyl (C=O) groups is 3. The molecular formula is C20H23NO5. The third kappa shape index (κ3) is 3.45. The molecular weight excluding hydrogens is 334 g/mol. The van der Waals surface area contributed by atoms with E-state index in [0.29, 0.717) is 22.6 Å². The van der Waals surface area contributed by atoms with Gasteiger partial charge in [-0.1, -0.05) is 18.2 Å². The summed E-state index contributed by atoms with van der Waals surface area (Å²) >= 11 is 0. The Kier molecular flexibility index (Phi) is 5.44. The molecule has 6 nitrogen and oxygen atoms in total. The van der Waals surface area contributed by atoms with Crippen molar-refractivity contribution in [2.75, 3.05) is 7.11 Å². The van der Waals surface area contributed by atoms with Crippen LogP contribution in [-0.2, 0) is 19.1 Å². The van der Waals surface area contributed by atoms with E-state index >= 15 is 0 Å². The Morgan fingerprint density at radius 3 is 2.19 bits per heavy atom. The fourth-order valence-corrected chi connectivity index (χ4v) is 3.41. The molecule has 0 aliphatic carbocycles. The molecule has 0 spiro atoms. The van der Waals surface area contributed by atoms with Crippen LogP contribution in [0.2, 0.25) is 0 Å². The van der Waals surface area contributed by atoms with E-state index in [1.165, 1.54) is 27.9 Å². The fraction of sp³-hybridized carbons (Fsp3) is 0.400. The number of carbonyl (C=O) groups excluding carboxylic acids is 3. The normalized spacial score (nSPS) is 21.8. The molecule has 2 rings (SSSR count). The molecule has 1 aliphatic rings. The van der Waals surface area contributed by atoms with Crippen molar-refractivity contribution < 1.29 is 23.9 Å². The average molecular weight is 357 g/mol. The van der Waals surface area contributed by atoms with Crippen LogP contribution >= 0.6 is 0 Å². The van der Waals surface area contributed by atoms with Crippen molar-refractivity contribution in [3.05, 3.63) is 41.2 Å². The van der Waals surface area contributed by atoms with Gasteiger partial charge in [0.15, 0.2) is 17.3 Å². The predicted molar refractivity (Wildman–Crippen MR) is 97.4 cm³/mol. The summed E-state index contributed by atoms with van der Waals surface area (Å²) in [6.07, 6.45) is 0. The molecule has 0 fully saturated rings. The van der Waals surface area contributed by atoms with E-state index in [9.17, 15) is 14.4 Å². The third-order valence-corrected chi connectivity index (χ3v) is 4.39. The van der Waals surface area contributed by atoms with E-state index in [-0.39, 0.29) is 11.5 Å². The molecule has 1 aromatic carbocycles. The summed E-state index contributed by atoms with van der Waals surface area (Å²) in [6, 6.07) is 7.24. The van der Waals surface area contributed by atoms with Crippen molar-refractivity contribution in [1.29, 1.82) is 0 Å². The second kappa shape index (κ2) is 7.23. The van der Waals surface area contributed by atoms with Gasteiger partial charge in [0.25, 0.3) is 0 Å². The molecule has 1 aromatic rings. The Morgan fingerprint density at radius 1 is 1.12 bits per heavy atom. The van der Waals surface area contributed by atoms with E-state index in [1.54, 1.807) is 19.9 Å². The van der Waals surface area contributed by atoms with E-state index in [4.69, 9.17) is 9.47 Å². The summed E-state index contributed by atoms with van der Waals surface area (Å²) in [5, 5.41) is 0. The van der Waals surface area contributed by atoms with Gasteiger partial charge in [-0.3, -0.25) is 14.4 Å². The molecule has 138 valence electrons. The lowest BCUT2D eigenvalue weighted by Crippen LogP contribution is -2.35. The quantitative estimate of drug-likeness (QED) is 0.577. The lowest BCUT2D eigenvalue weighted by molar-refractivity contribution is -0.115. The highest BCUT2D eigenvalue weighted by Crippen LogP contribution is 2.49. The second-order valence-corrected chi connectivity index (χ2v) is 6.43. The van der Waals surface area contributed by atoms with Gasteiger partial charge in [0.2, 0.25) is 5.72 Å². The number of benzene rings is 1. The average Bonchev–Trinajstić information content (AvgIpc) is 2.82. The smallest absolute Gasteiger partial charge is 0.208 e. The second-order valence-electron chi connectivity index (χ2n) is 6.43. The van der Waals surface area contributed by atoms with Gasteiger partial charge in [-0.15, -0.1) is 0 Å². The lowest BCUT2D eigenvalue weighted by atomic mass is 9.82.